The molecule has 1 unspecified atom stereocenters. The van der Waals surface area contributed by atoms with Gasteiger partial charge in [0.05, 0.1) is 0 Å². The van der Waals surface area contributed by atoms with Crippen LogP contribution in [-0.4, -0.2) is 34.7 Å². The molecule has 0 aliphatic carbocycles. The first-order valence-electron chi connectivity index (χ1n) is 8.49. The zero-order valence-corrected chi connectivity index (χ0v) is 14.8. The van der Waals surface area contributed by atoms with Crippen molar-refractivity contribution in [3.05, 3.63) is 35.4 Å². The van der Waals surface area contributed by atoms with Gasteiger partial charge in [-0.25, -0.2) is 9.59 Å². The molecule has 1 aliphatic rings. The predicted octanol–water partition coefficient (Wildman–Crippen LogP) is 3.21. The second kappa shape index (κ2) is 9.42. The van der Waals surface area contributed by atoms with Crippen LogP contribution in [0.2, 0.25) is 0 Å². The summed E-state index contributed by atoms with van der Waals surface area (Å²) < 4.78 is 0. The van der Waals surface area contributed by atoms with Gasteiger partial charge in [0, 0.05) is 6.04 Å². The normalized spacial score (nSPS) is 18.0. The number of hydrogen-bond donors (Lipinski definition) is 3. The second-order valence-electron chi connectivity index (χ2n) is 7.26. The van der Waals surface area contributed by atoms with Crippen LogP contribution in [0.4, 0.5) is 0 Å². The highest BCUT2D eigenvalue weighted by Crippen LogP contribution is 2.23. The topological polar surface area (TPSA) is 86.6 Å². The van der Waals surface area contributed by atoms with Crippen molar-refractivity contribution >= 4 is 11.9 Å². The minimum absolute atomic E-state index is 0.263. The molecule has 24 heavy (non-hydrogen) atoms. The fourth-order valence-corrected chi connectivity index (χ4v) is 2.70. The molecule has 2 rings (SSSR count). The molecule has 1 aromatic rings. The standard InChI is InChI=1S/C17H27N.C2H2O4/c1-17(2,3)15-10-8-14(9-11-15)13-16-7-5-4-6-12-18-16;3-1(4)2(5)6/h8-11,16,18H,4-7,12-13H2,1-3H3;(H,3,4)(H,5,6). The maximum absolute atomic E-state index is 9.10. The van der Waals surface area contributed by atoms with Crippen molar-refractivity contribution in [1.82, 2.24) is 5.32 Å². The van der Waals surface area contributed by atoms with Gasteiger partial charge in [0.1, 0.15) is 0 Å². The molecular formula is C19H29NO4. The van der Waals surface area contributed by atoms with Gasteiger partial charge in [0.25, 0.3) is 0 Å². The van der Waals surface area contributed by atoms with Gasteiger partial charge in [0.2, 0.25) is 0 Å². The van der Waals surface area contributed by atoms with E-state index in [0.717, 1.165) is 0 Å². The first kappa shape index (κ1) is 20.2. The average Bonchev–Trinajstić information content (AvgIpc) is 2.76. The minimum Gasteiger partial charge on any atom is -0.473 e. The van der Waals surface area contributed by atoms with Crippen LogP contribution in [-0.2, 0) is 21.4 Å². The molecule has 134 valence electrons. The maximum Gasteiger partial charge on any atom is 0.414 e. The molecule has 0 saturated carbocycles. The van der Waals surface area contributed by atoms with Gasteiger partial charge in [0.15, 0.2) is 0 Å². The third-order valence-electron chi connectivity index (χ3n) is 4.15. The Morgan fingerprint density at radius 1 is 1.04 bits per heavy atom. The third kappa shape index (κ3) is 7.59. The number of carboxylic acids is 2. The Hall–Kier alpha value is -1.88. The van der Waals surface area contributed by atoms with Gasteiger partial charge < -0.3 is 15.5 Å². The Labute approximate surface area is 144 Å². The quantitative estimate of drug-likeness (QED) is 0.723. The molecular weight excluding hydrogens is 306 g/mol. The second-order valence-corrected chi connectivity index (χ2v) is 7.26. The summed E-state index contributed by atoms with van der Waals surface area (Å²) in [5, 5.41) is 18.5. The molecule has 0 radical (unpaired) electrons. The number of carbonyl (C=O) groups is 2. The number of nitrogens with one attached hydrogen (secondary N) is 1. The Bertz CT molecular complexity index is 511. The monoisotopic (exact) mass is 335 g/mol. The van der Waals surface area contributed by atoms with E-state index in [4.69, 9.17) is 19.8 Å². The van der Waals surface area contributed by atoms with Crippen LogP contribution < -0.4 is 5.32 Å². The molecule has 1 heterocycles. The van der Waals surface area contributed by atoms with Crippen molar-refractivity contribution in [1.29, 1.82) is 0 Å². The molecule has 1 aliphatic heterocycles. The molecule has 1 atom stereocenters. The van der Waals surface area contributed by atoms with Gasteiger partial charge in [-0.05, 0) is 42.3 Å². The highest BCUT2D eigenvalue weighted by atomic mass is 16.4. The summed E-state index contributed by atoms with van der Waals surface area (Å²) >= 11 is 0. The van der Waals surface area contributed by atoms with E-state index >= 15 is 0 Å². The first-order valence-corrected chi connectivity index (χ1v) is 8.49. The molecule has 0 amide bonds. The van der Waals surface area contributed by atoms with Crippen LogP contribution in [0.15, 0.2) is 24.3 Å². The molecule has 0 spiro atoms. The zero-order chi connectivity index (χ0) is 18.2. The summed E-state index contributed by atoms with van der Waals surface area (Å²) in [4.78, 5) is 18.2. The Morgan fingerprint density at radius 2 is 1.62 bits per heavy atom. The van der Waals surface area contributed by atoms with Crippen LogP contribution in [0.25, 0.3) is 0 Å². The number of benzene rings is 1. The lowest BCUT2D eigenvalue weighted by Gasteiger charge is -2.20. The van der Waals surface area contributed by atoms with Gasteiger partial charge >= 0.3 is 11.9 Å². The molecule has 1 aromatic carbocycles. The number of carboxylic acid groups (broad SMARTS) is 2. The summed E-state index contributed by atoms with van der Waals surface area (Å²) in [5.74, 6) is -3.65. The molecule has 0 bridgehead atoms. The number of aliphatic carboxylic acids is 2. The van der Waals surface area contributed by atoms with Gasteiger partial charge in [-0.3, -0.25) is 0 Å². The van der Waals surface area contributed by atoms with Crippen molar-refractivity contribution in [2.45, 2.75) is 64.3 Å². The summed E-state index contributed by atoms with van der Waals surface area (Å²) in [6.45, 7) is 8.02. The molecule has 5 nitrogen and oxygen atoms in total. The highest BCUT2D eigenvalue weighted by Gasteiger charge is 2.15. The lowest BCUT2D eigenvalue weighted by Crippen LogP contribution is -2.30. The van der Waals surface area contributed by atoms with Gasteiger partial charge in [-0.2, -0.15) is 0 Å². The van der Waals surface area contributed by atoms with E-state index in [-0.39, 0.29) is 5.41 Å². The van der Waals surface area contributed by atoms with E-state index in [0.29, 0.717) is 6.04 Å². The van der Waals surface area contributed by atoms with Crippen LogP contribution in [0.3, 0.4) is 0 Å². The van der Waals surface area contributed by atoms with Crippen LogP contribution in [0.1, 0.15) is 57.6 Å². The zero-order valence-electron chi connectivity index (χ0n) is 14.8. The summed E-state index contributed by atoms with van der Waals surface area (Å²) in [5.41, 5.74) is 3.17. The largest absolute Gasteiger partial charge is 0.473 e. The number of hydrogen-bond acceptors (Lipinski definition) is 3. The smallest absolute Gasteiger partial charge is 0.414 e. The molecule has 5 heteroatoms. The Morgan fingerprint density at radius 3 is 2.12 bits per heavy atom. The lowest BCUT2D eigenvalue weighted by molar-refractivity contribution is -0.159. The third-order valence-corrected chi connectivity index (χ3v) is 4.15. The van der Waals surface area contributed by atoms with E-state index in [1.165, 1.54) is 49.8 Å². The van der Waals surface area contributed by atoms with E-state index in [2.05, 4.69) is 50.4 Å². The van der Waals surface area contributed by atoms with Crippen molar-refractivity contribution in [3.63, 3.8) is 0 Å². The summed E-state index contributed by atoms with van der Waals surface area (Å²) in [7, 11) is 0. The predicted molar refractivity (Wildman–Crippen MR) is 94.4 cm³/mol. The van der Waals surface area contributed by atoms with Crippen molar-refractivity contribution in [3.8, 4) is 0 Å². The van der Waals surface area contributed by atoms with E-state index < -0.39 is 11.9 Å². The van der Waals surface area contributed by atoms with Crippen molar-refractivity contribution in [2.24, 2.45) is 0 Å². The van der Waals surface area contributed by atoms with Crippen LogP contribution in [0, 0.1) is 0 Å². The minimum atomic E-state index is -1.82. The van der Waals surface area contributed by atoms with Gasteiger partial charge in [-0.1, -0.05) is 57.9 Å². The van der Waals surface area contributed by atoms with Crippen LogP contribution in [0.5, 0.6) is 0 Å². The maximum atomic E-state index is 9.10. The van der Waals surface area contributed by atoms with Crippen molar-refractivity contribution < 1.29 is 19.8 Å². The summed E-state index contributed by atoms with van der Waals surface area (Å²) in [6, 6.07) is 9.91. The Balaban J connectivity index is 0.000000413. The van der Waals surface area contributed by atoms with E-state index in [1.54, 1.807) is 0 Å². The van der Waals surface area contributed by atoms with E-state index in [1.807, 2.05) is 0 Å². The SMILES string of the molecule is CC(C)(C)c1ccc(CC2CCCCCN2)cc1.O=C(O)C(=O)O. The molecule has 1 fully saturated rings. The molecule has 3 N–H and O–H groups in total. The summed E-state index contributed by atoms with van der Waals surface area (Å²) in [6.07, 6.45) is 6.65. The lowest BCUT2D eigenvalue weighted by atomic mass is 9.86. The fraction of sp³-hybridized carbons (Fsp3) is 0.579. The van der Waals surface area contributed by atoms with E-state index in [9.17, 15) is 0 Å². The Kier molecular flexibility index (Phi) is 7.92. The van der Waals surface area contributed by atoms with Crippen LogP contribution >= 0.6 is 0 Å². The fourth-order valence-electron chi connectivity index (χ4n) is 2.70. The highest BCUT2D eigenvalue weighted by molar-refractivity contribution is 6.27. The first-order chi connectivity index (χ1) is 11.2. The molecule has 1 saturated heterocycles. The van der Waals surface area contributed by atoms with Gasteiger partial charge in [-0.15, -0.1) is 0 Å². The molecule has 0 aromatic heterocycles. The van der Waals surface area contributed by atoms with Crippen molar-refractivity contribution in [2.75, 3.05) is 6.54 Å². The average molecular weight is 335 g/mol. The number of rotatable bonds is 2.